The molecule has 0 atom stereocenters. The highest BCUT2D eigenvalue weighted by Crippen LogP contribution is 2.09. The van der Waals surface area contributed by atoms with Gasteiger partial charge in [-0.15, -0.1) is 0 Å². The quantitative estimate of drug-likeness (QED) is 0.215. The van der Waals surface area contributed by atoms with Crippen LogP contribution in [0.2, 0.25) is 0 Å². The van der Waals surface area contributed by atoms with Gasteiger partial charge in [-0.3, -0.25) is 4.79 Å². The van der Waals surface area contributed by atoms with Gasteiger partial charge in [0.25, 0.3) is 0 Å². The fourth-order valence-electron chi connectivity index (χ4n) is 2.23. The van der Waals surface area contributed by atoms with Gasteiger partial charge >= 0.3 is 5.97 Å². The van der Waals surface area contributed by atoms with Crippen molar-refractivity contribution < 1.29 is 9.90 Å². The molecule has 0 heterocycles. The van der Waals surface area contributed by atoms with Gasteiger partial charge in [-0.1, -0.05) is 69.1 Å². The molecule has 2 nitrogen and oxygen atoms in total. The minimum Gasteiger partial charge on any atom is -0.481 e. The van der Waals surface area contributed by atoms with Gasteiger partial charge in [-0.25, -0.2) is 0 Å². The van der Waals surface area contributed by atoms with Crippen LogP contribution in [0.25, 0.3) is 0 Å². The average Bonchev–Trinajstić information content (AvgIpc) is 2.50. The Bertz CT molecular complexity index is 327. The van der Waals surface area contributed by atoms with Gasteiger partial charge in [0.1, 0.15) is 0 Å². The van der Waals surface area contributed by atoms with E-state index in [9.17, 15) is 4.79 Å². The molecule has 0 aliphatic heterocycles. The Morgan fingerprint density at radius 2 is 1.27 bits per heavy atom. The van der Waals surface area contributed by atoms with E-state index in [0.717, 1.165) is 32.1 Å². The average molecular weight is 306 g/mol. The number of allylic oxidation sites excluding steroid dienone is 6. The highest BCUT2D eigenvalue weighted by molar-refractivity contribution is 5.66. The van der Waals surface area contributed by atoms with Crippen molar-refractivity contribution >= 4 is 5.97 Å². The summed E-state index contributed by atoms with van der Waals surface area (Å²) in [6.45, 7) is 2.17. The molecule has 0 saturated heterocycles. The zero-order chi connectivity index (χ0) is 16.3. The van der Waals surface area contributed by atoms with Crippen molar-refractivity contribution in [3.63, 3.8) is 0 Å². The second-order valence-corrected chi connectivity index (χ2v) is 5.72. The van der Waals surface area contributed by atoms with Crippen LogP contribution in [-0.4, -0.2) is 11.1 Å². The molecule has 126 valence electrons. The minimum absolute atomic E-state index is 0.323. The minimum atomic E-state index is -0.671. The molecule has 0 aliphatic carbocycles. The first kappa shape index (κ1) is 20.7. The van der Waals surface area contributed by atoms with Crippen molar-refractivity contribution in [1.29, 1.82) is 0 Å². The number of aliphatic carboxylic acids is 1. The summed E-state index contributed by atoms with van der Waals surface area (Å²) in [5, 5.41) is 8.52. The van der Waals surface area contributed by atoms with E-state index in [-0.39, 0.29) is 0 Å². The Morgan fingerprint density at radius 1 is 0.727 bits per heavy atom. The molecule has 0 aliphatic rings. The van der Waals surface area contributed by atoms with Gasteiger partial charge in [-0.05, 0) is 44.9 Å². The zero-order valence-electron chi connectivity index (χ0n) is 14.3. The van der Waals surface area contributed by atoms with Crippen LogP contribution >= 0.6 is 0 Å². The molecule has 0 fully saturated rings. The molecule has 0 saturated carbocycles. The maximum atomic E-state index is 10.3. The molecule has 0 spiro atoms. The first-order valence-corrected chi connectivity index (χ1v) is 8.95. The van der Waals surface area contributed by atoms with E-state index in [1.54, 1.807) is 0 Å². The van der Waals surface area contributed by atoms with Crippen LogP contribution in [0.3, 0.4) is 0 Å². The molecule has 0 aromatic rings. The number of hydrogen-bond acceptors (Lipinski definition) is 1. The lowest BCUT2D eigenvalue weighted by Crippen LogP contribution is -1.93. The number of carbonyl (C=O) groups is 1. The summed E-state index contributed by atoms with van der Waals surface area (Å²) in [5.41, 5.74) is 0. The molecule has 1 N–H and O–H groups in total. The van der Waals surface area contributed by atoms with Gasteiger partial charge in [0.2, 0.25) is 0 Å². The second kappa shape index (κ2) is 17.7. The molecule has 22 heavy (non-hydrogen) atoms. The Labute approximate surface area is 137 Å². The molecule has 0 bridgehead atoms. The molecule has 0 radical (unpaired) electrons. The van der Waals surface area contributed by atoms with Crippen molar-refractivity contribution in [2.75, 3.05) is 0 Å². The fraction of sp³-hybridized carbons (Fsp3) is 0.650. The third-order valence-corrected chi connectivity index (χ3v) is 3.54. The molecule has 2 heteroatoms. The first-order chi connectivity index (χ1) is 10.8. The largest absolute Gasteiger partial charge is 0.481 e. The molecule has 0 unspecified atom stereocenters. The van der Waals surface area contributed by atoms with Gasteiger partial charge in [0, 0.05) is 6.42 Å². The van der Waals surface area contributed by atoms with E-state index in [1.807, 2.05) is 0 Å². The topological polar surface area (TPSA) is 37.3 Å². The lowest BCUT2D eigenvalue weighted by molar-refractivity contribution is -0.137. The second-order valence-electron chi connectivity index (χ2n) is 5.72. The summed E-state index contributed by atoms with van der Waals surface area (Å²) < 4.78 is 0. The molecule has 0 aromatic heterocycles. The van der Waals surface area contributed by atoms with Crippen LogP contribution < -0.4 is 0 Å². The number of carboxylic acid groups (broad SMARTS) is 1. The van der Waals surface area contributed by atoms with E-state index < -0.39 is 5.97 Å². The van der Waals surface area contributed by atoms with Crippen LogP contribution in [0, 0.1) is 0 Å². The van der Waals surface area contributed by atoms with Crippen LogP contribution in [-0.2, 0) is 4.79 Å². The van der Waals surface area contributed by atoms with Gasteiger partial charge < -0.3 is 5.11 Å². The van der Waals surface area contributed by atoms with Crippen LogP contribution in [0.15, 0.2) is 36.5 Å². The van der Waals surface area contributed by atoms with Crippen LogP contribution in [0.1, 0.15) is 84.0 Å². The standard InChI is InChI=1S/C20H34O2/c1-2-3-4-5-6-7-8-9-10-11-12-13-14-15-16-17-18-19-20(21)22/h3-4,8-11H,2,5-7,12-19H2,1H3,(H,21,22). The third-order valence-electron chi connectivity index (χ3n) is 3.54. The van der Waals surface area contributed by atoms with Crippen LogP contribution in [0.5, 0.6) is 0 Å². The van der Waals surface area contributed by atoms with E-state index >= 15 is 0 Å². The van der Waals surface area contributed by atoms with E-state index in [4.69, 9.17) is 5.11 Å². The fourth-order valence-corrected chi connectivity index (χ4v) is 2.23. The van der Waals surface area contributed by atoms with Gasteiger partial charge in [-0.2, -0.15) is 0 Å². The predicted octanol–water partition coefficient (Wildman–Crippen LogP) is 6.44. The van der Waals surface area contributed by atoms with E-state index in [1.165, 1.54) is 38.5 Å². The van der Waals surface area contributed by atoms with E-state index in [2.05, 4.69) is 43.4 Å². The predicted molar refractivity (Wildman–Crippen MR) is 96.1 cm³/mol. The summed E-state index contributed by atoms with van der Waals surface area (Å²) in [5.74, 6) is -0.671. The molecule has 0 aromatic carbocycles. The molecular weight excluding hydrogens is 272 g/mol. The number of rotatable bonds is 15. The highest BCUT2D eigenvalue weighted by atomic mass is 16.4. The summed E-state index contributed by atoms with van der Waals surface area (Å²) in [6.07, 6.45) is 26.3. The SMILES string of the molecule is CCC=CCCCC=CC=CCCCCCCCCC(=O)O. The Kier molecular flexibility index (Phi) is 16.7. The van der Waals surface area contributed by atoms with Crippen molar-refractivity contribution in [2.24, 2.45) is 0 Å². The normalized spacial score (nSPS) is 12.0. The molecule has 0 amide bonds. The monoisotopic (exact) mass is 306 g/mol. The highest BCUT2D eigenvalue weighted by Gasteiger charge is 1.95. The van der Waals surface area contributed by atoms with Crippen molar-refractivity contribution in [2.45, 2.75) is 84.0 Å². The maximum Gasteiger partial charge on any atom is 0.303 e. The van der Waals surface area contributed by atoms with Gasteiger partial charge in [0.05, 0.1) is 0 Å². The summed E-state index contributed by atoms with van der Waals surface area (Å²) >= 11 is 0. The Hall–Kier alpha value is -1.31. The Balaban J connectivity index is 3.23. The number of carboxylic acids is 1. The van der Waals surface area contributed by atoms with Gasteiger partial charge in [0.15, 0.2) is 0 Å². The summed E-state index contributed by atoms with van der Waals surface area (Å²) in [7, 11) is 0. The summed E-state index contributed by atoms with van der Waals surface area (Å²) in [4.78, 5) is 10.3. The maximum absolute atomic E-state index is 10.3. The van der Waals surface area contributed by atoms with Crippen molar-refractivity contribution in [3.8, 4) is 0 Å². The third kappa shape index (κ3) is 18.7. The molecule has 0 rings (SSSR count). The molecular formula is C20H34O2. The Morgan fingerprint density at radius 3 is 1.91 bits per heavy atom. The van der Waals surface area contributed by atoms with Crippen molar-refractivity contribution in [1.82, 2.24) is 0 Å². The lowest BCUT2D eigenvalue weighted by atomic mass is 10.1. The smallest absolute Gasteiger partial charge is 0.303 e. The van der Waals surface area contributed by atoms with Crippen LogP contribution in [0.4, 0.5) is 0 Å². The van der Waals surface area contributed by atoms with E-state index in [0.29, 0.717) is 6.42 Å². The van der Waals surface area contributed by atoms with Crippen molar-refractivity contribution in [3.05, 3.63) is 36.5 Å². The lowest BCUT2D eigenvalue weighted by Gasteiger charge is -1.99. The first-order valence-electron chi connectivity index (χ1n) is 8.95. The zero-order valence-corrected chi connectivity index (χ0v) is 14.3. The summed E-state index contributed by atoms with van der Waals surface area (Å²) in [6, 6.07) is 0. The number of unbranched alkanes of at least 4 members (excludes halogenated alkanes) is 8. The number of hydrogen-bond donors (Lipinski definition) is 1.